The lowest BCUT2D eigenvalue weighted by Gasteiger charge is -2.09. The first-order valence-corrected chi connectivity index (χ1v) is 6.70. The Balaban J connectivity index is 2.32. The van der Waals surface area contributed by atoms with E-state index < -0.39 is 0 Å². The summed E-state index contributed by atoms with van der Waals surface area (Å²) < 4.78 is 11.1. The molecule has 2 rings (SSSR count). The number of methoxy groups -OCH3 is 1. The molecule has 1 N–H and O–H groups in total. The van der Waals surface area contributed by atoms with Crippen molar-refractivity contribution < 1.29 is 9.15 Å². The van der Waals surface area contributed by atoms with Gasteiger partial charge >= 0.3 is 0 Å². The van der Waals surface area contributed by atoms with Gasteiger partial charge in [0, 0.05) is 5.56 Å². The van der Waals surface area contributed by atoms with Crippen molar-refractivity contribution in [2.24, 2.45) is 0 Å². The van der Waals surface area contributed by atoms with Crippen LogP contribution in [0.1, 0.15) is 25.6 Å². The highest BCUT2D eigenvalue weighted by atomic mass is 35.5. The van der Waals surface area contributed by atoms with Gasteiger partial charge in [-0.3, -0.25) is 0 Å². The minimum Gasteiger partial charge on any atom is -0.497 e. The summed E-state index contributed by atoms with van der Waals surface area (Å²) in [5.41, 5.74) is 0.843. The molecule has 4 heteroatoms. The Hall–Kier alpha value is -1.45. The third-order valence-corrected chi connectivity index (χ3v) is 3.33. The number of nitrogens with one attached hydrogen (secondary N) is 1. The predicted octanol–water partition coefficient (Wildman–Crippen LogP) is 4.28. The zero-order valence-corrected chi connectivity index (χ0v) is 12.1. The van der Waals surface area contributed by atoms with Gasteiger partial charge in [0.2, 0.25) is 0 Å². The van der Waals surface area contributed by atoms with Crippen LogP contribution < -0.4 is 10.1 Å². The molecule has 0 bridgehead atoms. The van der Waals surface area contributed by atoms with Crippen LogP contribution in [0.15, 0.2) is 34.7 Å². The van der Waals surface area contributed by atoms with Crippen molar-refractivity contribution in [1.82, 2.24) is 5.32 Å². The summed E-state index contributed by atoms with van der Waals surface area (Å²) in [6.45, 7) is 5.04. The van der Waals surface area contributed by atoms with Gasteiger partial charge in [-0.15, -0.1) is 0 Å². The van der Waals surface area contributed by atoms with E-state index in [0.717, 1.165) is 29.4 Å². The highest BCUT2D eigenvalue weighted by molar-refractivity contribution is 6.33. The molecule has 0 aliphatic carbocycles. The highest BCUT2D eigenvalue weighted by Gasteiger charge is 2.13. The lowest BCUT2D eigenvalue weighted by Crippen LogP contribution is -2.16. The smallest absolute Gasteiger partial charge is 0.135 e. The van der Waals surface area contributed by atoms with E-state index in [-0.39, 0.29) is 6.04 Å². The molecule has 0 amide bonds. The Bertz CT molecular complexity index is 551. The fraction of sp³-hybridized carbons (Fsp3) is 0.333. The van der Waals surface area contributed by atoms with Gasteiger partial charge in [0.05, 0.1) is 18.2 Å². The zero-order chi connectivity index (χ0) is 13.8. The molecule has 2 aromatic rings. The topological polar surface area (TPSA) is 34.4 Å². The van der Waals surface area contributed by atoms with Gasteiger partial charge in [-0.25, -0.2) is 0 Å². The van der Waals surface area contributed by atoms with E-state index in [2.05, 4.69) is 19.2 Å². The SMILES string of the molecule is CCNC(C)c1ccc(-c2cc(OC)ccc2Cl)o1. The molecule has 0 fully saturated rings. The van der Waals surface area contributed by atoms with Crippen LogP contribution >= 0.6 is 11.6 Å². The molecule has 102 valence electrons. The van der Waals surface area contributed by atoms with E-state index in [9.17, 15) is 0 Å². The maximum atomic E-state index is 6.21. The Morgan fingerprint density at radius 1 is 1.32 bits per heavy atom. The monoisotopic (exact) mass is 279 g/mol. The molecule has 1 unspecified atom stereocenters. The van der Waals surface area contributed by atoms with Gasteiger partial charge in [0.15, 0.2) is 0 Å². The number of rotatable bonds is 5. The lowest BCUT2D eigenvalue weighted by atomic mass is 10.1. The van der Waals surface area contributed by atoms with E-state index in [0.29, 0.717) is 5.02 Å². The van der Waals surface area contributed by atoms with Gasteiger partial charge in [-0.05, 0) is 43.8 Å². The lowest BCUT2D eigenvalue weighted by molar-refractivity contribution is 0.414. The first-order valence-electron chi connectivity index (χ1n) is 6.32. The fourth-order valence-electron chi connectivity index (χ4n) is 1.96. The molecule has 0 aliphatic heterocycles. The normalized spacial score (nSPS) is 12.4. The zero-order valence-electron chi connectivity index (χ0n) is 11.4. The van der Waals surface area contributed by atoms with Gasteiger partial charge in [-0.1, -0.05) is 18.5 Å². The van der Waals surface area contributed by atoms with Crippen LogP contribution in [0.5, 0.6) is 5.75 Å². The van der Waals surface area contributed by atoms with E-state index >= 15 is 0 Å². The Morgan fingerprint density at radius 3 is 2.79 bits per heavy atom. The second-order valence-electron chi connectivity index (χ2n) is 4.33. The molecule has 1 aromatic carbocycles. The number of ether oxygens (including phenoxy) is 1. The molecule has 0 radical (unpaired) electrons. The summed E-state index contributed by atoms with van der Waals surface area (Å²) in [7, 11) is 1.63. The fourth-order valence-corrected chi connectivity index (χ4v) is 2.17. The van der Waals surface area contributed by atoms with E-state index in [1.165, 1.54) is 0 Å². The van der Waals surface area contributed by atoms with Crippen LogP contribution in [0.2, 0.25) is 5.02 Å². The number of benzene rings is 1. The van der Waals surface area contributed by atoms with Crippen LogP contribution in [-0.4, -0.2) is 13.7 Å². The highest BCUT2D eigenvalue weighted by Crippen LogP contribution is 2.33. The first kappa shape index (κ1) is 14.0. The van der Waals surface area contributed by atoms with E-state index in [1.54, 1.807) is 7.11 Å². The maximum Gasteiger partial charge on any atom is 0.135 e. The van der Waals surface area contributed by atoms with Crippen molar-refractivity contribution in [3.05, 3.63) is 41.1 Å². The molecule has 1 aromatic heterocycles. The largest absolute Gasteiger partial charge is 0.497 e. The number of hydrogen-bond donors (Lipinski definition) is 1. The van der Waals surface area contributed by atoms with Crippen molar-refractivity contribution in [2.75, 3.05) is 13.7 Å². The maximum absolute atomic E-state index is 6.21. The second kappa shape index (κ2) is 6.13. The predicted molar refractivity (Wildman–Crippen MR) is 77.8 cm³/mol. The average molecular weight is 280 g/mol. The molecule has 0 aliphatic rings. The summed E-state index contributed by atoms with van der Waals surface area (Å²) in [5.74, 6) is 2.41. The summed E-state index contributed by atoms with van der Waals surface area (Å²) in [5, 5.41) is 3.96. The minimum absolute atomic E-state index is 0.183. The van der Waals surface area contributed by atoms with Gasteiger partial charge in [0.1, 0.15) is 17.3 Å². The van der Waals surface area contributed by atoms with Crippen molar-refractivity contribution in [3.63, 3.8) is 0 Å². The standard InChI is InChI=1S/C15H18ClNO2/c1-4-17-10(2)14-7-8-15(19-14)12-9-11(18-3)5-6-13(12)16/h5-10,17H,4H2,1-3H3. The van der Waals surface area contributed by atoms with Crippen LogP contribution in [-0.2, 0) is 0 Å². The van der Waals surface area contributed by atoms with E-state index in [1.807, 2.05) is 30.3 Å². The molecular weight excluding hydrogens is 262 g/mol. The van der Waals surface area contributed by atoms with Crippen LogP contribution in [0, 0.1) is 0 Å². The number of halogens is 1. The van der Waals surface area contributed by atoms with Crippen molar-refractivity contribution in [3.8, 4) is 17.1 Å². The van der Waals surface area contributed by atoms with Crippen LogP contribution in [0.25, 0.3) is 11.3 Å². The van der Waals surface area contributed by atoms with Crippen molar-refractivity contribution >= 4 is 11.6 Å². The van der Waals surface area contributed by atoms with Crippen LogP contribution in [0.3, 0.4) is 0 Å². The minimum atomic E-state index is 0.183. The molecular formula is C15H18ClNO2. The molecule has 0 saturated heterocycles. The number of furan rings is 1. The summed E-state index contributed by atoms with van der Waals surface area (Å²) >= 11 is 6.21. The van der Waals surface area contributed by atoms with Gasteiger partial charge < -0.3 is 14.5 Å². The third-order valence-electron chi connectivity index (χ3n) is 3.00. The summed E-state index contributed by atoms with van der Waals surface area (Å²) in [4.78, 5) is 0. The molecule has 19 heavy (non-hydrogen) atoms. The first-order chi connectivity index (χ1) is 9.15. The van der Waals surface area contributed by atoms with E-state index in [4.69, 9.17) is 20.8 Å². The second-order valence-corrected chi connectivity index (χ2v) is 4.73. The van der Waals surface area contributed by atoms with Gasteiger partial charge in [0.25, 0.3) is 0 Å². The summed E-state index contributed by atoms with van der Waals surface area (Å²) in [6.07, 6.45) is 0. The average Bonchev–Trinajstić information content (AvgIpc) is 2.89. The molecule has 1 heterocycles. The Morgan fingerprint density at radius 2 is 2.11 bits per heavy atom. The Kier molecular flexibility index (Phi) is 4.51. The molecule has 1 atom stereocenters. The molecule has 3 nitrogen and oxygen atoms in total. The summed E-state index contributed by atoms with van der Waals surface area (Å²) in [6, 6.07) is 9.61. The number of hydrogen-bond acceptors (Lipinski definition) is 3. The quantitative estimate of drug-likeness (QED) is 0.887. The van der Waals surface area contributed by atoms with Crippen LogP contribution in [0.4, 0.5) is 0 Å². The Labute approximate surface area is 118 Å². The van der Waals surface area contributed by atoms with Crippen molar-refractivity contribution in [2.45, 2.75) is 19.9 Å². The van der Waals surface area contributed by atoms with Gasteiger partial charge in [-0.2, -0.15) is 0 Å². The third kappa shape index (κ3) is 3.11. The van der Waals surface area contributed by atoms with Crippen molar-refractivity contribution in [1.29, 1.82) is 0 Å². The molecule has 0 saturated carbocycles. The molecule has 0 spiro atoms.